The van der Waals surface area contributed by atoms with Crippen LogP contribution < -0.4 is 5.32 Å². The van der Waals surface area contributed by atoms with Crippen molar-refractivity contribution in [2.45, 2.75) is 51.6 Å². The Kier molecular flexibility index (Phi) is 6.65. The average molecular weight is 446 g/mol. The molecule has 1 atom stereocenters. The van der Waals surface area contributed by atoms with Crippen molar-refractivity contribution >= 4 is 23.1 Å². The molecule has 0 bridgehead atoms. The Hall–Kier alpha value is -3.39. The molecule has 3 aromatic rings. The number of aromatic nitrogens is 4. The summed E-state index contributed by atoms with van der Waals surface area (Å²) in [6, 6.07) is 9.63. The van der Waals surface area contributed by atoms with Gasteiger partial charge in [0.2, 0.25) is 11.7 Å². The van der Waals surface area contributed by atoms with Crippen LogP contribution in [-0.2, 0) is 0 Å². The number of ketones is 1. The van der Waals surface area contributed by atoms with Gasteiger partial charge in [0, 0.05) is 36.0 Å². The largest absolute Gasteiger partial charge is 0.324 e. The number of rotatable bonds is 9. The second-order valence-corrected chi connectivity index (χ2v) is 8.94. The topological polar surface area (TPSA) is 99.8 Å². The van der Waals surface area contributed by atoms with Crippen molar-refractivity contribution < 1.29 is 4.79 Å². The van der Waals surface area contributed by atoms with E-state index in [1.165, 1.54) is 19.3 Å². The highest BCUT2D eigenvalue weighted by atomic mass is 16.1. The van der Waals surface area contributed by atoms with Gasteiger partial charge in [-0.2, -0.15) is 0 Å². The van der Waals surface area contributed by atoms with Crippen LogP contribution in [0.15, 0.2) is 42.7 Å². The first-order valence-electron chi connectivity index (χ1n) is 11.4. The predicted octanol–water partition coefficient (Wildman–Crippen LogP) is 4.66. The summed E-state index contributed by atoms with van der Waals surface area (Å²) in [5.41, 5.74) is 3.24. The van der Waals surface area contributed by atoms with E-state index in [0.717, 1.165) is 22.9 Å². The van der Waals surface area contributed by atoms with E-state index in [2.05, 4.69) is 19.9 Å². The molecular formula is C25H31N7O. The molecule has 172 valence electrons. The third kappa shape index (κ3) is 5.01. The van der Waals surface area contributed by atoms with Gasteiger partial charge < -0.3 is 20.2 Å². The number of aryl methyl sites for hydroxylation is 1. The van der Waals surface area contributed by atoms with E-state index < -0.39 is 0 Å². The van der Waals surface area contributed by atoms with Crippen molar-refractivity contribution in [3.8, 4) is 11.4 Å². The Labute approximate surface area is 194 Å². The summed E-state index contributed by atoms with van der Waals surface area (Å²) in [4.78, 5) is 28.2. The molecule has 0 amide bonds. The van der Waals surface area contributed by atoms with Gasteiger partial charge in [-0.3, -0.25) is 4.79 Å². The van der Waals surface area contributed by atoms with Crippen molar-refractivity contribution in [1.29, 1.82) is 5.41 Å². The Morgan fingerprint density at radius 1 is 1.21 bits per heavy atom. The van der Waals surface area contributed by atoms with Crippen LogP contribution in [0.1, 0.15) is 54.8 Å². The third-order valence-corrected chi connectivity index (χ3v) is 6.40. The zero-order valence-electron chi connectivity index (χ0n) is 19.7. The fourth-order valence-electron chi connectivity index (χ4n) is 3.89. The lowest BCUT2D eigenvalue weighted by molar-refractivity contribution is 0.106. The monoisotopic (exact) mass is 445 g/mol. The normalized spacial score (nSPS) is 14.7. The van der Waals surface area contributed by atoms with Crippen LogP contribution in [0.4, 0.5) is 11.6 Å². The summed E-state index contributed by atoms with van der Waals surface area (Å²) < 4.78 is 2.28. The molecule has 0 unspecified atom stereocenters. The summed E-state index contributed by atoms with van der Waals surface area (Å²) in [6.07, 6.45) is 7.65. The third-order valence-electron chi connectivity index (χ3n) is 6.40. The van der Waals surface area contributed by atoms with E-state index in [1.807, 2.05) is 57.2 Å². The second-order valence-electron chi connectivity index (χ2n) is 8.94. The maximum Gasteiger partial charge on any atom is 0.227 e. The molecule has 2 aromatic heterocycles. The number of Topliss-reactive ketones (excluding diaryl/α,β-unsaturated/α-hetero) is 1. The Balaban J connectivity index is 1.46. The summed E-state index contributed by atoms with van der Waals surface area (Å²) in [7, 11) is 3.89. The van der Waals surface area contributed by atoms with Crippen molar-refractivity contribution in [2.75, 3.05) is 19.4 Å². The molecule has 8 nitrogen and oxygen atoms in total. The second kappa shape index (κ2) is 9.62. The minimum atomic E-state index is -0.242. The summed E-state index contributed by atoms with van der Waals surface area (Å²) in [5, 5.41) is 11.4. The van der Waals surface area contributed by atoms with Crippen LogP contribution in [0.3, 0.4) is 0 Å². The molecule has 8 heteroatoms. The molecule has 0 radical (unpaired) electrons. The molecule has 1 fully saturated rings. The number of carbonyl (C=O) groups excluding carboxylic acids is 1. The fourth-order valence-corrected chi connectivity index (χ4v) is 3.89. The lowest BCUT2D eigenvalue weighted by Gasteiger charge is -2.29. The van der Waals surface area contributed by atoms with Crippen molar-refractivity contribution in [3.63, 3.8) is 0 Å². The average Bonchev–Trinajstić information content (AvgIpc) is 3.13. The number of imidazole rings is 1. The molecule has 0 saturated heterocycles. The van der Waals surface area contributed by atoms with Crippen LogP contribution in [-0.4, -0.2) is 56.1 Å². The first-order chi connectivity index (χ1) is 15.8. The van der Waals surface area contributed by atoms with Gasteiger partial charge in [0.25, 0.3) is 0 Å². The highest BCUT2D eigenvalue weighted by molar-refractivity contribution is 6.45. The zero-order valence-corrected chi connectivity index (χ0v) is 19.7. The van der Waals surface area contributed by atoms with Crippen LogP contribution in [0.25, 0.3) is 11.4 Å². The Morgan fingerprint density at radius 3 is 2.58 bits per heavy atom. The molecule has 1 saturated carbocycles. The van der Waals surface area contributed by atoms with Gasteiger partial charge in [0.05, 0.1) is 23.3 Å². The lowest BCUT2D eigenvalue weighted by Crippen LogP contribution is -2.29. The molecule has 2 heterocycles. The van der Waals surface area contributed by atoms with Gasteiger partial charge in [-0.05, 0) is 77.5 Å². The fraction of sp³-hybridized carbons (Fsp3) is 0.400. The SMILES string of the molecule is Cc1ncc(-c2ccnc(Nc3ccc(C(=O)C(=N)C[C@@H](C)N(C)C)cc3)n2)n1C1CCC1. The number of nitrogens with one attached hydrogen (secondary N) is 2. The van der Waals surface area contributed by atoms with Gasteiger partial charge in [0.1, 0.15) is 5.82 Å². The number of hydrogen-bond acceptors (Lipinski definition) is 7. The number of nitrogens with zero attached hydrogens (tertiary/aromatic N) is 5. The number of hydrogen-bond donors (Lipinski definition) is 2. The van der Waals surface area contributed by atoms with Crippen LogP contribution in [0.2, 0.25) is 0 Å². The lowest BCUT2D eigenvalue weighted by atomic mass is 9.92. The van der Waals surface area contributed by atoms with Crippen molar-refractivity contribution in [1.82, 2.24) is 24.4 Å². The Morgan fingerprint density at radius 2 is 1.94 bits per heavy atom. The maximum absolute atomic E-state index is 12.6. The van der Waals surface area contributed by atoms with E-state index in [9.17, 15) is 4.79 Å². The molecule has 1 aliphatic rings. The van der Waals surface area contributed by atoms with Crippen LogP contribution in [0, 0.1) is 12.3 Å². The maximum atomic E-state index is 12.6. The van der Waals surface area contributed by atoms with E-state index in [0.29, 0.717) is 24.0 Å². The summed E-state index contributed by atoms with van der Waals surface area (Å²) in [5.74, 6) is 1.25. The molecule has 1 aliphatic carbocycles. The smallest absolute Gasteiger partial charge is 0.227 e. The standard InChI is InChI=1S/C25H31N7O/c1-16(31(3)4)14-21(26)24(33)18-8-10-19(11-9-18)29-25-27-13-12-22(30-25)23-15-28-17(2)32(23)20-6-5-7-20/h8-13,15-16,20,26H,5-7,14H2,1-4H3,(H,27,29,30)/t16-/m1/s1. The first kappa shape index (κ1) is 22.8. The number of carbonyl (C=O) groups is 1. The quantitative estimate of drug-likeness (QED) is 0.367. The first-order valence-corrected chi connectivity index (χ1v) is 11.4. The van der Waals surface area contributed by atoms with Crippen LogP contribution >= 0.6 is 0 Å². The van der Waals surface area contributed by atoms with Crippen LogP contribution in [0.5, 0.6) is 0 Å². The van der Waals surface area contributed by atoms with Gasteiger partial charge in [-0.15, -0.1) is 0 Å². The molecular weight excluding hydrogens is 414 g/mol. The van der Waals surface area contributed by atoms with E-state index in [-0.39, 0.29) is 17.5 Å². The van der Waals surface area contributed by atoms with E-state index in [4.69, 9.17) is 10.4 Å². The molecule has 0 aliphatic heterocycles. The van der Waals surface area contributed by atoms with Gasteiger partial charge in [0.15, 0.2) is 0 Å². The number of benzene rings is 1. The van der Waals surface area contributed by atoms with Gasteiger partial charge >= 0.3 is 0 Å². The van der Waals surface area contributed by atoms with Crippen molar-refractivity contribution in [3.05, 3.63) is 54.1 Å². The molecule has 4 rings (SSSR count). The Bertz CT molecular complexity index is 1150. The minimum Gasteiger partial charge on any atom is -0.324 e. The van der Waals surface area contributed by atoms with Crippen molar-refractivity contribution in [2.24, 2.45) is 0 Å². The summed E-state index contributed by atoms with van der Waals surface area (Å²) in [6.45, 7) is 4.04. The van der Waals surface area contributed by atoms with Gasteiger partial charge in [-0.1, -0.05) is 0 Å². The zero-order chi connectivity index (χ0) is 23.5. The summed E-state index contributed by atoms with van der Waals surface area (Å²) >= 11 is 0. The highest BCUT2D eigenvalue weighted by Gasteiger charge is 2.24. The molecule has 33 heavy (non-hydrogen) atoms. The molecule has 2 N–H and O–H groups in total. The van der Waals surface area contributed by atoms with E-state index in [1.54, 1.807) is 18.3 Å². The molecule has 0 spiro atoms. The van der Waals surface area contributed by atoms with E-state index >= 15 is 0 Å². The number of anilines is 2. The minimum absolute atomic E-state index is 0.117. The highest BCUT2D eigenvalue weighted by Crippen LogP contribution is 2.36. The van der Waals surface area contributed by atoms with Gasteiger partial charge in [-0.25, -0.2) is 15.0 Å². The predicted molar refractivity (Wildman–Crippen MR) is 130 cm³/mol. The molecule has 1 aromatic carbocycles.